The first kappa shape index (κ1) is 15.7. The van der Waals surface area contributed by atoms with Crippen LogP contribution in [-0.4, -0.2) is 20.3 Å². The van der Waals surface area contributed by atoms with Crippen LogP contribution in [0.1, 0.15) is 45.1 Å². The van der Waals surface area contributed by atoms with E-state index in [-0.39, 0.29) is 0 Å². The SMILES string of the molecule is CCCCC(CC)Nc1cc(OC)c(OC)cc1C. The summed E-state index contributed by atoms with van der Waals surface area (Å²) in [5.74, 6) is 1.56. The third kappa shape index (κ3) is 4.34. The van der Waals surface area contributed by atoms with Crippen LogP contribution in [0.25, 0.3) is 0 Å². The first-order valence-electron chi connectivity index (χ1n) is 7.15. The van der Waals surface area contributed by atoms with Gasteiger partial charge in [-0.2, -0.15) is 0 Å². The van der Waals surface area contributed by atoms with Crippen LogP contribution in [0, 0.1) is 6.92 Å². The summed E-state index contributed by atoms with van der Waals surface area (Å²) in [5, 5.41) is 3.62. The number of methoxy groups -OCH3 is 2. The van der Waals surface area contributed by atoms with E-state index in [9.17, 15) is 0 Å². The maximum absolute atomic E-state index is 5.36. The average Bonchev–Trinajstić information content (AvgIpc) is 2.44. The number of rotatable bonds is 8. The minimum absolute atomic E-state index is 0.525. The first-order chi connectivity index (χ1) is 9.15. The van der Waals surface area contributed by atoms with E-state index in [1.807, 2.05) is 12.1 Å². The van der Waals surface area contributed by atoms with E-state index >= 15 is 0 Å². The van der Waals surface area contributed by atoms with E-state index in [0.29, 0.717) is 6.04 Å². The number of aryl methyl sites for hydroxylation is 1. The standard InChI is InChI=1S/C16H27NO2/c1-6-8-9-13(7-2)17-14-11-16(19-5)15(18-4)10-12(14)3/h10-11,13,17H,6-9H2,1-5H3. The molecule has 0 fully saturated rings. The fourth-order valence-corrected chi connectivity index (χ4v) is 2.18. The van der Waals surface area contributed by atoms with E-state index in [1.165, 1.54) is 24.8 Å². The molecule has 1 N–H and O–H groups in total. The molecule has 0 spiro atoms. The van der Waals surface area contributed by atoms with E-state index in [2.05, 4.69) is 26.1 Å². The van der Waals surface area contributed by atoms with Gasteiger partial charge in [-0.1, -0.05) is 26.7 Å². The monoisotopic (exact) mass is 265 g/mol. The number of benzene rings is 1. The molecule has 0 amide bonds. The van der Waals surface area contributed by atoms with Crippen molar-refractivity contribution >= 4 is 5.69 Å². The van der Waals surface area contributed by atoms with Crippen molar-refractivity contribution < 1.29 is 9.47 Å². The van der Waals surface area contributed by atoms with Gasteiger partial charge in [0, 0.05) is 17.8 Å². The Bertz CT molecular complexity index is 391. The van der Waals surface area contributed by atoms with Crippen molar-refractivity contribution in [1.82, 2.24) is 0 Å². The molecule has 0 heterocycles. The van der Waals surface area contributed by atoms with E-state index in [1.54, 1.807) is 14.2 Å². The maximum Gasteiger partial charge on any atom is 0.162 e. The average molecular weight is 265 g/mol. The van der Waals surface area contributed by atoms with Gasteiger partial charge in [-0.15, -0.1) is 0 Å². The Morgan fingerprint density at radius 3 is 2.26 bits per heavy atom. The Hall–Kier alpha value is -1.38. The Balaban J connectivity index is 2.87. The second kappa shape index (κ2) is 7.93. The van der Waals surface area contributed by atoms with Crippen LogP contribution >= 0.6 is 0 Å². The Morgan fingerprint density at radius 1 is 1.11 bits per heavy atom. The van der Waals surface area contributed by atoms with Crippen molar-refractivity contribution in [3.8, 4) is 11.5 Å². The van der Waals surface area contributed by atoms with Gasteiger partial charge in [-0.25, -0.2) is 0 Å². The molecule has 3 heteroatoms. The highest BCUT2D eigenvalue weighted by Gasteiger charge is 2.11. The third-order valence-electron chi connectivity index (χ3n) is 3.49. The molecule has 0 saturated carbocycles. The van der Waals surface area contributed by atoms with Crippen molar-refractivity contribution in [2.45, 2.75) is 52.5 Å². The highest BCUT2D eigenvalue weighted by Crippen LogP contribution is 2.33. The van der Waals surface area contributed by atoms with Crippen LogP contribution in [0.5, 0.6) is 11.5 Å². The van der Waals surface area contributed by atoms with Crippen LogP contribution in [-0.2, 0) is 0 Å². The topological polar surface area (TPSA) is 30.5 Å². The molecule has 0 aliphatic heterocycles. The predicted molar refractivity (Wildman–Crippen MR) is 81.5 cm³/mol. The fraction of sp³-hybridized carbons (Fsp3) is 0.625. The molecule has 1 rings (SSSR count). The van der Waals surface area contributed by atoms with E-state index in [4.69, 9.17) is 9.47 Å². The quantitative estimate of drug-likeness (QED) is 0.756. The van der Waals surface area contributed by atoms with Gasteiger partial charge in [0.2, 0.25) is 0 Å². The molecule has 0 bridgehead atoms. The molecule has 1 aromatic carbocycles. The molecule has 1 unspecified atom stereocenters. The molecule has 0 aliphatic rings. The van der Waals surface area contributed by atoms with Crippen molar-refractivity contribution in [1.29, 1.82) is 0 Å². The molecular weight excluding hydrogens is 238 g/mol. The van der Waals surface area contributed by atoms with Crippen molar-refractivity contribution in [2.24, 2.45) is 0 Å². The lowest BCUT2D eigenvalue weighted by Gasteiger charge is -2.21. The number of hydrogen-bond donors (Lipinski definition) is 1. The fourth-order valence-electron chi connectivity index (χ4n) is 2.18. The van der Waals surface area contributed by atoms with Crippen LogP contribution < -0.4 is 14.8 Å². The second-order valence-electron chi connectivity index (χ2n) is 4.91. The summed E-state index contributed by atoms with van der Waals surface area (Å²) in [6.45, 7) is 6.55. The molecule has 3 nitrogen and oxygen atoms in total. The molecule has 0 saturated heterocycles. The number of anilines is 1. The third-order valence-corrected chi connectivity index (χ3v) is 3.49. The molecule has 0 radical (unpaired) electrons. The number of ether oxygens (including phenoxy) is 2. The van der Waals surface area contributed by atoms with E-state index < -0.39 is 0 Å². The minimum Gasteiger partial charge on any atom is -0.493 e. The van der Waals surface area contributed by atoms with Crippen molar-refractivity contribution in [3.05, 3.63) is 17.7 Å². The number of hydrogen-bond acceptors (Lipinski definition) is 3. The highest BCUT2D eigenvalue weighted by atomic mass is 16.5. The van der Waals surface area contributed by atoms with Gasteiger partial charge >= 0.3 is 0 Å². The predicted octanol–water partition coefficient (Wildman–Crippen LogP) is 4.39. The summed E-state index contributed by atoms with van der Waals surface area (Å²) >= 11 is 0. The maximum atomic E-state index is 5.36. The molecule has 108 valence electrons. The molecule has 1 aromatic rings. The Labute approximate surface area is 117 Å². The number of nitrogens with one attached hydrogen (secondary N) is 1. The Kier molecular flexibility index (Phi) is 6.54. The van der Waals surface area contributed by atoms with Gasteiger partial charge in [0.05, 0.1) is 14.2 Å². The van der Waals surface area contributed by atoms with Gasteiger partial charge in [-0.05, 0) is 31.4 Å². The van der Waals surface area contributed by atoms with Crippen LogP contribution in [0.15, 0.2) is 12.1 Å². The van der Waals surface area contributed by atoms with Crippen molar-refractivity contribution in [3.63, 3.8) is 0 Å². The molecule has 0 aliphatic carbocycles. The normalized spacial score (nSPS) is 12.1. The van der Waals surface area contributed by atoms with Crippen LogP contribution in [0.4, 0.5) is 5.69 Å². The van der Waals surface area contributed by atoms with E-state index in [0.717, 1.165) is 23.6 Å². The molecule has 0 aromatic heterocycles. The van der Waals surface area contributed by atoms with Gasteiger partial charge in [0.15, 0.2) is 11.5 Å². The van der Waals surface area contributed by atoms with Gasteiger partial charge in [0.1, 0.15) is 0 Å². The van der Waals surface area contributed by atoms with Crippen molar-refractivity contribution in [2.75, 3.05) is 19.5 Å². The Morgan fingerprint density at radius 2 is 1.74 bits per heavy atom. The van der Waals surface area contributed by atoms with Crippen LogP contribution in [0.3, 0.4) is 0 Å². The lowest BCUT2D eigenvalue weighted by molar-refractivity contribution is 0.355. The second-order valence-corrected chi connectivity index (χ2v) is 4.91. The molecule has 1 atom stereocenters. The van der Waals surface area contributed by atoms with Gasteiger partial charge in [-0.3, -0.25) is 0 Å². The number of unbranched alkanes of at least 4 members (excludes halogenated alkanes) is 1. The lowest BCUT2D eigenvalue weighted by atomic mass is 10.1. The zero-order valence-electron chi connectivity index (χ0n) is 12.9. The largest absolute Gasteiger partial charge is 0.493 e. The highest BCUT2D eigenvalue weighted by molar-refractivity contribution is 5.60. The summed E-state index contributed by atoms with van der Waals surface area (Å²) in [4.78, 5) is 0. The summed E-state index contributed by atoms with van der Waals surface area (Å²) in [7, 11) is 3.34. The van der Waals surface area contributed by atoms with Crippen LogP contribution in [0.2, 0.25) is 0 Å². The summed E-state index contributed by atoms with van der Waals surface area (Å²) in [6.07, 6.45) is 4.84. The smallest absolute Gasteiger partial charge is 0.162 e. The zero-order valence-corrected chi connectivity index (χ0v) is 12.9. The lowest BCUT2D eigenvalue weighted by Crippen LogP contribution is -2.19. The van der Waals surface area contributed by atoms with Gasteiger partial charge in [0.25, 0.3) is 0 Å². The molecular formula is C16H27NO2. The minimum atomic E-state index is 0.525. The zero-order chi connectivity index (χ0) is 14.3. The summed E-state index contributed by atoms with van der Waals surface area (Å²) in [5.41, 5.74) is 2.33. The molecule has 19 heavy (non-hydrogen) atoms. The first-order valence-corrected chi connectivity index (χ1v) is 7.15. The van der Waals surface area contributed by atoms with Gasteiger partial charge < -0.3 is 14.8 Å². The summed E-state index contributed by atoms with van der Waals surface area (Å²) < 4.78 is 10.7. The summed E-state index contributed by atoms with van der Waals surface area (Å²) in [6, 6.07) is 4.58.